The molecule has 8 heteroatoms. The fourth-order valence-electron chi connectivity index (χ4n) is 1.22. The number of hydrogen-bond donors (Lipinski definition) is 0. The highest BCUT2D eigenvalue weighted by atomic mass is 32.2. The third kappa shape index (κ3) is 4.36. The van der Waals surface area contributed by atoms with Crippen molar-refractivity contribution < 1.29 is 25.2 Å². The molecule has 0 saturated carbocycles. The van der Waals surface area contributed by atoms with Crippen LogP contribution >= 0.6 is 0 Å². The van der Waals surface area contributed by atoms with Crippen molar-refractivity contribution in [1.29, 1.82) is 0 Å². The van der Waals surface area contributed by atoms with Gasteiger partial charge in [0.25, 0.3) is 20.2 Å². The molecular weight excluding hydrogens is 256 g/mol. The molecule has 2 fully saturated rings. The van der Waals surface area contributed by atoms with Crippen LogP contribution < -0.4 is 0 Å². The van der Waals surface area contributed by atoms with Crippen LogP contribution in [0.25, 0.3) is 0 Å². The molecule has 0 bridgehead atoms. The summed E-state index contributed by atoms with van der Waals surface area (Å²) in [5, 5.41) is -0.289. The van der Waals surface area contributed by atoms with E-state index in [1.165, 1.54) is 0 Å². The smallest absolute Gasteiger partial charge is 0.270 e. The first-order valence-electron chi connectivity index (χ1n) is 5.09. The number of rotatable bonds is 0. The lowest BCUT2D eigenvalue weighted by Crippen LogP contribution is -2.17. The molecular formula is C8H16O6S2. The minimum atomic E-state index is -3.12. The molecule has 0 aliphatic carbocycles. The van der Waals surface area contributed by atoms with Crippen molar-refractivity contribution in [3.8, 4) is 0 Å². The van der Waals surface area contributed by atoms with Crippen LogP contribution in [0.2, 0.25) is 0 Å². The summed E-state index contributed by atoms with van der Waals surface area (Å²) < 4.78 is 50.8. The molecule has 0 aromatic heterocycles. The maximum Gasteiger partial charge on any atom is 0.270 e. The average molecular weight is 272 g/mol. The van der Waals surface area contributed by atoms with Crippen LogP contribution in [-0.4, -0.2) is 41.1 Å². The van der Waals surface area contributed by atoms with Gasteiger partial charge in [0.05, 0.1) is 24.2 Å². The minimum Gasteiger partial charge on any atom is -0.270 e. The molecule has 0 amide bonds. The zero-order valence-electron chi connectivity index (χ0n) is 9.09. The highest BCUT2D eigenvalue weighted by Gasteiger charge is 2.27. The average Bonchev–Trinajstić information content (AvgIpc) is 2.46. The lowest BCUT2D eigenvalue weighted by Gasteiger charge is -2.09. The van der Waals surface area contributed by atoms with Gasteiger partial charge in [-0.25, -0.2) is 0 Å². The minimum absolute atomic E-state index is 0.201. The van der Waals surface area contributed by atoms with E-state index >= 15 is 0 Å². The first-order valence-corrected chi connectivity index (χ1v) is 8.14. The Kier molecular flexibility index (Phi) is 4.72. The lowest BCUT2D eigenvalue weighted by molar-refractivity contribution is 0.292. The third-order valence-electron chi connectivity index (χ3n) is 2.32. The summed E-state index contributed by atoms with van der Waals surface area (Å²) in [4.78, 5) is 0. The Balaban J connectivity index is 0.000000160. The van der Waals surface area contributed by atoms with Crippen molar-refractivity contribution in [2.45, 2.75) is 31.4 Å². The van der Waals surface area contributed by atoms with Gasteiger partial charge in [0, 0.05) is 0 Å². The van der Waals surface area contributed by atoms with Gasteiger partial charge in [-0.15, -0.1) is 0 Å². The zero-order valence-corrected chi connectivity index (χ0v) is 10.7. The second kappa shape index (κ2) is 5.44. The molecule has 0 aromatic carbocycles. The summed E-state index contributed by atoms with van der Waals surface area (Å²) in [5.41, 5.74) is 0. The van der Waals surface area contributed by atoms with Crippen molar-refractivity contribution in [3.05, 3.63) is 0 Å². The molecule has 2 saturated heterocycles. The fraction of sp³-hybridized carbons (Fsp3) is 1.00. The summed E-state index contributed by atoms with van der Waals surface area (Å²) in [6.45, 7) is 2.40. The van der Waals surface area contributed by atoms with Crippen molar-refractivity contribution >= 4 is 20.2 Å². The maximum absolute atomic E-state index is 10.5. The Morgan fingerprint density at radius 1 is 1.00 bits per heavy atom. The van der Waals surface area contributed by atoms with Gasteiger partial charge in [0.2, 0.25) is 0 Å². The van der Waals surface area contributed by atoms with E-state index in [9.17, 15) is 16.8 Å². The van der Waals surface area contributed by atoms with Gasteiger partial charge < -0.3 is 0 Å². The largest absolute Gasteiger partial charge is 0.270 e. The first-order chi connectivity index (χ1) is 7.33. The molecule has 2 aliphatic heterocycles. The Hall–Kier alpha value is -0.180. The molecule has 16 heavy (non-hydrogen) atoms. The monoisotopic (exact) mass is 272 g/mol. The fourth-order valence-corrected chi connectivity index (χ4v) is 3.21. The SMILES string of the molecule is CC1CCOS1(=O)=O.O=S1(=O)CCCCO1. The van der Waals surface area contributed by atoms with Gasteiger partial charge in [0.15, 0.2) is 0 Å². The molecule has 1 atom stereocenters. The summed E-state index contributed by atoms with van der Waals surface area (Å²) >= 11 is 0. The van der Waals surface area contributed by atoms with Gasteiger partial charge in [0.1, 0.15) is 0 Å². The predicted octanol–water partition coefficient (Wildman–Crippen LogP) is 0.252. The molecule has 2 aliphatic rings. The van der Waals surface area contributed by atoms with Crippen LogP contribution in [0.4, 0.5) is 0 Å². The molecule has 0 spiro atoms. The Labute approximate surface area is 96.2 Å². The highest BCUT2D eigenvalue weighted by Crippen LogP contribution is 2.15. The van der Waals surface area contributed by atoms with E-state index in [0.717, 1.165) is 12.8 Å². The van der Waals surface area contributed by atoms with Gasteiger partial charge in [-0.1, -0.05) is 0 Å². The summed E-state index contributed by atoms with van der Waals surface area (Å²) in [6, 6.07) is 0. The molecule has 6 nitrogen and oxygen atoms in total. The molecule has 1 unspecified atom stereocenters. The van der Waals surface area contributed by atoms with E-state index in [-0.39, 0.29) is 11.0 Å². The Morgan fingerprint density at radius 3 is 1.88 bits per heavy atom. The molecule has 0 radical (unpaired) electrons. The van der Waals surface area contributed by atoms with Crippen molar-refractivity contribution in [3.63, 3.8) is 0 Å². The van der Waals surface area contributed by atoms with E-state index in [0.29, 0.717) is 19.6 Å². The maximum atomic E-state index is 10.5. The topological polar surface area (TPSA) is 86.7 Å². The van der Waals surface area contributed by atoms with E-state index in [1.54, 1.807) is 6.92 Å². The van der Waals surface area contributed by atoms with Crippen LogP contribution in [0.3, 0.4) is 0 Å². The van der Waals surface area contributed by atoms with Crippen LogP contribution in [0.1, 0.15) is 26.2 Å². The van der Waals surface area contributed by atoms with E-state index in [2.05, 4.69) is 8.37 Å². The molecule has 2 rings (SSSR count). The van der Waals surface area contributed by atoms with Gasteiger partial charge in [-0.05, 0) is 26.2 Å². The van der Waals surface area contributed by atoms with E-state index in [1.807, 2.05) is 0 Å². The van der Waals surface area contributed by atoms with Crippen LogP contribution in [0.5, 0.6) is 0 Å². The van der Waals surface area contributed by atoms with Crippen LogP contribution in [-0.2, 0) is 28.6 Å². The summed E-state index contributed by atoms with van der Waals surface area (Å²) in [7, 11) is -6.21. The molecule has 0 aromatic rings. The summed E-state index contributed by atoms with van der Waals surface area (Å²) in [5.74, 6) is 0.201. The van der Waals surface area contributed by atoms with E-state index in [4.69, 9.17) is 0 Å². The zero-order chi connectivity index (χ0) is 12.2. The first kappa shape index (κ1) is 13.9. The molecule has 2 heterocycles. The van der Waals surface area contributed by atoms with Gasteiger partial charge in [-0.3, -0.25) is 8.37 Å². The quantitative estimate of drug-likeness (QED) is 0.588. The third-order valence-corrected chi connectivity index (χ3v) is 5.35. The van der Waals surface area contributed by atoms with Crippen molar-refractivity contribution in [2.75, 3.05) is 19.0 Å². The number of hydrogen-bond acceptors (Lipinski definition) is 6. The van der Waals surface area contributed by atoms with Gasteiger partial charge >= 0.3 is 0 Å². The molecule has 96 valence electrons. The van der Waals surface area contributed by atoms with Crippen molar-refractivity contribution in [1.82, 2.24) is 0 Å². The lowest BCUT2D eigenvalue weighted by atomic mass is 10.4. The molecule has 0 N–H and O–H groups in total. The van der Waals surface area contributed by atoms with Crippen LogP contribution in [0.15, 0.2) is 0 Å². The highest BCUT2D eigenvalue weighted by molar-refractivity contribution is 7.87. The van der Waals surface area contributed by atoms with Gasteiger partial charge in [-0.2, -0.15) is 16.8 Å². The second-order valence-electron chi connectivity index (χ2n) is 3.70. The van der Waals surface area contributed by atoms with Crippen LogP contribution in [0, 0.1) is 0 Å². The normalized spacial score (nSPS) is 31.4. The Bertz CT molecular complexity index is 398. The Morgan fingerprint density at radius 2 is 1.69 bits per heavy atom. The summed E-state index contributed by atoms with van der Waals surface area (Å²) in [6.07, 6.45) is 2.27. The second-order valence-corrected chi connectivity index (χ2v) is 7.49. The standard InChI is InChI=1S/2C4H8O3S/c1-4-2-3-7-8(4,5)6;5-8(6)4-2-1-3-7-8/h4H,2-3H2,1H3;1-4H2. The van der Waals surface area contributed by atoms with Crippen molar-refractivity contribution in [2.24, 2.45) is 0 Å². The van der Waals surface area contributed by atoms with E-state index < -0.39 is 20.2 Å². The predicted molar refractivity (Wildman–Crippen MR) is 57.9 cm³/mol.